The van der Waals surface area contributed by atoms with Crippen LogP contribution in [0.15, 0.2) is 65.6 Å². The van der Waals surface area contributed by atoms with Crippen molar-refractivity contribution < 1.29 is 26.4 Å². The second-order valence-corrected chi connectivity index (χ2v) is 15.0. The molecule has 12 heteroatoms. The second-order valence-electron chi connectivity index (χ2n) is 11.3. The molecule has 41 heavy (non-hydrogen) atoms. The van der Waals surface area contributed by atoms with Gasteiger partial charge >= 0.3 is 0 Å². The monoisotopic (exact) mass is 602 g/mol. The quantitative estimate of drug-likeness (QED) is 0.519. The molecule has 2 aromatic rings. The molecule has 1 N–H and O–H groups in total. The number of amides is 2. The number of hydrogen-bond donors (Lipinski definition) is 1. The Morgan fingerprint density at radius 1 is 0.707 bits per heavy atom. The third kappa shape index (κ3) is 6.82. The molecule has 222 valence electrons. The van der Waals surface area contributed by atoms with Crippen LogP contribution in [-0.4, -0.2) is 87.8 Å². The highest BCUT2D eigenvalue weighted by molar-refractivity contribution is 7.89. The van der Waals surface area contributed by atoms with E-state index in [-0.39, 0.29) is 41.3 Å². The summed E-state index contributed by atoms with van der Waals surface area (Å²) in [5, 5.41) is 0. The van der Waals surface area contributed by atoms with E-state index in [0.29, 0.717) is 58.3 Å². The summed E-state index contributed by atoms with van der Waals surface area (Å²) in [5.74, 6) is -0.713. The number of benzene rings is 2. The van der Waals surface area contributed by atoms with Gasteiger partial charge in [-0.2, -0.15) is 4.31 Å². The lowest BCUT2D eigenvalue weighted by atomic mass is 9.88. The molecular weight excluding hydrogens is 564 g/mol. The van der Waals surface area contributed by atoms with Gasteiger partial charge in [-0.3, -0.25) is 9.59 Å². The Bertz CT molecular complexity index is 1440. The molecule has 5 rings (SSSR count). The van der Waals surface area contributed by atoms with Crippen LogP contribution >= 0.6 is 0 Å². The zero-order valence-corrected chi connectivity index (χ0v) is 24.9. The summed E-state index contributed by atoms with van der Waals surface area (Å²) in [6.45, 7) is 1.87. The number of rotatable bonds is 7. The maximum absolute atomic E-state index is 13.8. The van der Waals surface area contributed by atoms with Crippen LogP contribution in [0.3, 0.4) is 0 Å². The molecule has 0 spiro atoms. The molecule has 0 aromatic heterocycles. The van der Waals surface area contributed by atoms with E-state index in [9.17, 15) is 26.4 Å². The van der Waals surface area contributed by atoms with Crippen LogP contribution in [0.25, 0.3) is 0 Å². The zero-order valence-electron chi connectivity index (χ0n) is 23.3. The Morgan fingerprint density at radius 3 is 1.93 bits per heavy atom. The van der Waals surface area contributed by atoms with E-state index in [1.165, 1.54) is 4.31 Å². The van der Waals surface area contributed by atoms with E-state index in [1.807, 2.05) is 30.3 Å². The smallest absolute Gasteiger partial charge is 0.243 e. The molecule has 10 nitrogen and oxygen atoms in total. The van der Waals surface area contributed by atoms with Gasteiger partial charge in [0, 0.05) is 44.7 Å². The molecule has 3 aliphatic heterocycles. The Labute approximate surface area is 242 Å². The Hall–Kier alpha value is -2.80. The largest absolute Gasteiger partial charge is 0.342 e. The van der Waals surface area contributed by atoms with E-state index >= 15 is 0 Å². The van der Waals surface area contributed by atoms with E-state index in [1.54, 1.807) is 40.1 Å². The van der Waals surface area contributed by atoms with Gasteiger partial charge in [-0.25, -0.2) is 21.6 Å². The second kappa shape index (κ2) is 12.2. The number of carbonyl (C=O) groups is 2. The molecule has 0 radical (unpaired) electrons. The zero-order chi connectivity index (χ0) is 29.2. The summed E-state index contributed by atoms with van der Waals surface area (Å²) >= 11 is 0. The average Bonchev–Trinajstić information content (AvgIpc) is 3.44. The molecule has 2 amide bonds. The van der Waals surface area contributed by atoms with Crippen molar-refractivity contribution in [2.24, 2.45) is 11.8 Å². The summed E-state index contributed by atoms with van der Waals surface area (Å²) in [4.78, 5) is 30.5. The van der Waals surface area contributed by atoms with E-state index in [2.05, 4.69) is 4.72 Å². The summed E-state index contributed by atoms with van der Waals surface area (Å²) in [6, 6.07) is 17.3. The number of nitrogens with one attached hydrogen (secondary N) is 1. The van der Waals surface area contributed by atoms with Crippen molar-refractivity contribution in [2.45, 2.75) is 49.1 Å². The van der Waals surface area contributed by atoms with Crippen molar-refractivity contribution in [3.63, 3.8) is 0 Å². The predicted molar refractivity (Wildman–Crippen MR) is 155 cm³/mol. The van der Waals surface area contributed by atoms with Crippen LogP contribution in [0.2, 0.25) is 0 Å². The van der Waals surface area contributed by atoms with Crippen LogP contribution in [0.1, 0.15) is 43.7 Å². The number of carbonyl (C=O) groups excluding carboxylic acids is 2. The minimum atomic E-state index is -3.83. The van der Waals surface area contributed by atoms with Crippen molar-refractivity contribution >= 4 is 31.9 Å². The predicted octanol–water partition coefficient (Wildman–Crippen LogP) is 2.22. The number of nitrogens with zero attached hydrogens (tertiary/aromatic N) is 3. The van der Waals surface area contributed by atoms with Crippen LogP contribution in [0.4, 0.5) is 0 Å². The van der Waals surface area contributed by atoms with Crippen molar-refractivity contribution in [2.75, 3.05) is 39.0 Å². The topological polar surface area (TPSA) is 124 Å². The van der Waals surface area contributed by atoms with Crippen LogP contribution < -0.4 is 4.72 Å². The lowest BCUT2D eigenvalue weighted by molar-refractivity contribution is -0.143. The van der Waals surface area contributed by atoms with Gasteiger partial charge in [0.05, 0.1) is 23.1 Å². The first-order chi connectivity index (χ1) is 19.5. The van der Waals surface area contributed by atoms with Crippen LogP contribution in [0.5, 0.6) is 0 Å². The highest BCUT2D eigenvalue weighted by Gasteiger charge is 2.42. The summed E-state index contributed by atoms with van der Waals surface area (Å²) in [7, 11) is -7.16. The number of likely N-dealkylation sites (tertiary alicyclic amines) is 2. The minimum absolute atomic E-state index is 0.0124. The number of hydrogen-bond acceptors (Lipinski definition) is 6. The third-order valence-electron chi connectivity index (χ3n) is 8.46. The van der Waals surface area contributed by atoms with Gasteiger partial charge in [0.15, 0.2) is 0 Å². The maximum atomic E-state index is 13.8. The van der Waals surface area contributed by atoms with E-state index < -0.39 is 26.0 Å². The molecule has 0 saturated carbocycles. The number of piperidine rings is 2. The van der Waals surface area contributed by atoms with Crippen molar-refractivity contribution in [1.29, 1.82) is 0 Å². The lowest BCUT2D eigenvalue weighted by Gasteiger charge is -2.41. The fraction of sp³-hybridized carbons (Fsp3) is 0.517. The standard InChI is InChI=1S/C29H38N4O6S2/c1-40(36,37)30-25-16-19-32(21-25)28(34)23-14-17-31(18-15-23)29(35)24-12-13-27(22-8-4-2-5-9-22)33(20-24)41(38,39)26-10-6-3-7-11-26/h2-11,23-25,27,30H,12-21H2,1H3. The summed E-state index contributed by atoms with van der Waals surface area (Å²) in [5.41, 5.74) is 0.910. The molecule has 3 heterocycles. The summed E-state index contributed by atoms with van der Waals surface area (Å²) < 4.78 is 54.7. The van der Waals surface area contributed by atoms with Gasteiger partial charge in [-0.15, -0.1) is 0 Å². The molecule has 3 saturated heterocycles. The highest BCUT2D eigenvalue weighted by Crippen LogP contribution is 2.38. The first-order valence-electron chi connectivity index (χ1n) is 14.2. The third-order valence-corrected chi connectivity index (χ3v) is 11.1. The van der Waals surface area contributed by atoms with E-state index in [0.717, 1.165) is 11.8 Å². The molecule has 0 bridgehead atoms. The van der Waals surface area contributed by atoms with Gasteiger partial charge < -0.3 is 9.80 Å². The van der Waals surface area contributed by atoms with Crippen molar-refractivity contribution in [3.05, 3.63) is 66.2 Å². The van der Waals surface area contributed by atoms with Gasteiger partial charge in [0.25, 0.3) is 0 Å². The minimum Gasteiger partial charge on any atom is -0.342 e. The normalized spacial score (nSPS) is 24.9. The number of sulfonamides is 2. The Kier molecular flexibility index (Phi) is 8.84. The molecule has 3 fully saturated rings. The molecular formula is C29H38N4O6S2. The van der Waals surface area contributed by atoms with Crippen molar-refractivity contribution in [1.82, 2.24) is 18.8 Å². The van der Waals surface area contributed by atoms with Crippen LogP contribution in [-0.2, 0) is 29.6 Å². The van der Waals surface area contributed by atoms with Gasteiger partial charge in [-0.05, 0) is 49.8 Å². The van der Waals surface area contributed by atoms with Gasteiger partial charge in [0.1, 0.15) is 0 Å². The molecule has 3 aliphatic rings. The maximum Gasteiger partial charge on any atom is 0.243 e. The molecule has 3 atom stereocenters. The van der Waals surface area contributed by atoms with Crippen molar-refractivity contribution in [3.8, 4) is 0 Å². The fourth-order valence-corrected chi connectivity index (χ4v) is 8.87. The highest BCUT2D eigenvalue weighted by atomic mass is 32.2. The molecule has 2 aromatic carbocycles. The summed E-state index contributed by atoms with van der Waals surface area (Å²) in [6.07, 6.45) is 3.91. The Balaban J connectivity index is 1.23. The molecule has 0 aliphatic carbocycles. The molecule has 3 unspecified atom stereocenters. The Morgan fingerprint density at radius 2 is 1.29 bits per heavy atom. The van der Waals surface area contributed by atoms with Gasteiger partial charge in [-0.1, -0.05) is 48.5 Å². The van der Waals surface area contributed by atoms with Crippen LogP contribution in [0, 0.1) is 11.8 Å². The first kappa shape index (κ1) is 29.7. The lowest BCUT2D eigenvalue weighted by Crippen LogP contribution is -2.50. The fourth-order valence-electron chi connectivity index (χ4n) is 6.36. The van der Waals surface area contributed by atoms with Gasteiger partial charge in [0.2, 0.25) is 31.9 Å². The first-order valence-corrected chi connectivity index (χ1v) is 17.5. The van der Waals surface area contributed by atoms with E-state index in [4.69, 9.17) is 0 Å². The SMILES string of the molecule is CS(=O)(=O)NC1CCN(C(=O)C2CCN(C(=O)C3CCC(c4ccccc4)N(S(=O)(=O)c4ccccc4)C3)CC2)C1. The average molecular weight is 603 g/mol.